The van der Waals surface area contributed by atoms with Crippen molar-refractivity contribution in [3.63, 3.8) is 0 Å². The maximum atomic E-state index is 11.7. The fraction of sp³-hybridized carbons (Fsp3) is 0.615. The van der Waals surface area contributed by atoms with E-state index in [4.69, 9.17) is 14.6 Å². The minimum Gasteiger partial charge on any atom is -0.475 e. The number of carbonyl (C=O) groups excluding carboxylic acids is 1. The van der Waals surface area contributed by atoms with Gasteiger partial charge in [-0.3, -0.25) is 9.48 Å². The lowest BCUT2D eigenvalue weighted by molar-refractivity contribution is -0.192. The van der Waals surface area contributed by atoms with E-state index in [9.17, 15) is 18.0 Å². The number of aliphatic carboxylic acids is 1. The quantitative estimate of drug-likeness (QED) is 0.659. The zero-order valence-corrected chi connectivity index (χ0v) is 13.0. The number of nitrogens with zero attached hydrogens (tertiary/aromatic N) is 2. The van der Waals surface area contributed by atoms with Gasteiger partial charge >= 0.3 is 12.1 Å². The topological polar surface area (TPSA) is 105 Å². The molecule has 24 heavy (non-hydrogen) atoms. The minimum atomic E-state index is -5.08. The van der Waals surface area contributed by atoms with Gasteiger partial charge in [-0.25, -0.2) is 4.79 Å². The van der Waals surface area contributed by atoms with Gasteiger partial charge in [-0.2, -0.15) is 18.3 Å². The van der Waals surface area contributed by atoms with Gasteiger partial charge in [0.25, 0.3) is 0 Å². The number of alkyl halides is 3. The van der Waals surface area contributed by atoms with E-state index >= 15 is 0 Å². The third-order valence-corrected chi connectivity index (χ3v) is 3.08. The van der Waals surface area contributed by atoms with Crippen molar-refractivity contribution < 1.29 is 32.6 Å². The molecule has 0 saturated heterocycles. The summed E-state index contributed by atoms with van der Waals surface area (Å²) in [5, 5.41) is 17.5. The largest absolute Gasteiger partial charge is 0.490 e. The molecule has 1 aliphatic rings. The van der Waals surface area contributed by atoms with Crippen molar-refractivity contribution in [2.45, 2.75) is 25.2 Å². The number of hydrogen-bond acceptors (Lipinski definition) is 5. The molecule has 1 aliphatic heterocycles. The molecule has 8 nitrogen and oxygen atoms in total. The first-order valence-corrected chi connectivity index (χ1v) is 7.04. The first kappa shape index (κ1) is 19.9. The van der Waals surface area contributed by atoms with E-state index in [1.165, 1.54) is 0 Å². The summed E-state index contributed by atoms with van der Waals surface area (Å²) >= 11 is 0. The van der Waals surface area contributed by atoms with Crippen LogP contribution in [0.3, 0.4) is 0 Å². The van der Waals surface area contributed by atoms with Crippen LogP contribution in [0.25, 0.3) is 0 Å². The number of carboxylic acids is 1. The summed E-state index contributed by atoms with van der Waals surface area (Å²) in [6.07, 6.45) is -2.86. The molecule has 2 rings (SSSR count). The van der Waals surface area contributed by atoms with Crippen molar-refractivity contribution in [2.24, 2.45) is 0 Å². The summed E-state index contributed by atoms with van der Waals surface area (Å²) in [6, 6.07) is 2.08. The van der Waals surface area contributed by atoms with Crippen LogP contribution in [0.1, 0.15) is 18.2 Å². The van der Waals surface area contributed by atoms with Crippen LogP contribution in [0.5, 0.6) is 0 Å². The fourth-order valence-electron chi connectivity index (χ4n) is 2.00. The molecule has 0 saturated carbocycles. The number of hydrogen-bond donors (Lipinski definition) is 3. The predicted octanol–water partition coefficient (Wildman–Crippen LogP) is 0.313. The first-order chi connectivity index (χ1) is 11.3. The minimum absolute atomic E-state index is 0.0391. The molecule has 0 radical (unpaired) electrons. The number of rotatable bonds is 5. The molecule has 0 spiro atoms. The zero-order chi connectivity index (χ0) is 18.2. The number of fused-ring (bicyclic) bond motifs is 1. The van der Waals surface area contributed by atoms with Crippen molar-refractivity contribution in [1.82, 2.24) is 20.4 Å². The maximum Gasteiger partial charge on any atom is 0.490 e. The number of aromatic nitrogens is 2. The Morgan fingerprint density at radius 1 is 1.54 bits per heavy atom. The van der Waals surface area contributed by atoms with Crippen LogP contribution < -0.4 is 10.6 Å². The van der Waals surface area contributed by atoms with Gasteiger partial charge in [-0.15, -0.1) is 0 Å². The highest BCUT2D eigenvalue weighted by atomic mass is 19.4. The molecule has 136 valence electrons. The number of amides is 1. The number of carbonyl (C=O) groups is 2. The third-order valence-electron chi connectivity index (χ3n) is 3.08. The van der Waals surface area contributed by atoms with Crippen LogP contribution in [0.2, 0.25) is 0 Å². The van der Waals surface area contributed by atoms with Gasteiger partial charge in [0.15, 0.2) is 0 Å². The second-order valence-corrected chi connectivity index (χ2v) is 4.90. The second kappa shape index (κ2) is 9.23. The lowest BCUT2D eigenvalue weighted by Gasteiger charge is -2.25. The Labute approximate surface area is 136 Å². The Morgan fingerprint density at radius 3 is 2.79 bits per heavy atom. The van der Waals surface area contributed by atoms with Crippen molar-refractivity contribution in [1.29, 1.82) is 0 Å². The highest BCUT2D eigenvalue weighted by Gasteiger charge is 2.38. The van der Waals surface area contributed by atoms with Crippen LogP contribution in [0.4, 0.5) is 13.2 Å². The number of carboxylic acid groups (broad SMARTS) is 1. The lowest BCUT2D eigenvalue weighted by atomic mass is 10.1. The van der Waals surface area contributed by atoms with Crippen LogP contribution in [0.15, 0.2) is 12.3 Å². The standard InChI is InChI=1S/C11H18N4O2.C2HF3O2/c1-17-5-4-13-11(16)6-10-8-12-7-9-2-3-14-15(9)10;3-2(4,5)1(6)7/h2-3,10,12H,4-8H2,1H3,(H,13,16);(H,6,7). The molecule has 1 aromatic heterocycles. The Hall–Kier alpha value is -2.14. The molecule has 0 bridgehead atoms. The summed E-state index contributed by atoms with van der Waals surface area (Å²) in [4.78, 5) is 20.6. The van der Waals surface area contributed by atoms with E-state index in [0.29, 0.717) is 19.6 Å². The highest BCUT2D eigenvalue weighted by Crippen LogP contribution is 2.16. The van der Waals surface area contributed by atoms with E-state index < -0.39 is 12.1 Å². The second-order valence-electron chi connectivity index (χ2n) is 4.90. The summed E-state index contributed by atoms with van der Waals surface area (Å²) in [7, 11) is 1.62. The predicted molar refractivity (Wildman–Crippen MR) is 76.2 cm³/mol. The summed E-state index contributed by atoms with van der Waals surface area (Å²) in [5.41, 5.74) is 1.13. The van der Waals surface area contributed by atoms with Crippen LogP contribution in [-0.2, 0) is 20.9 Å². The summed E-state index contributed by atoms with van der Waals surface area (Å²) in [5.74, 6) is -2.72. The average molecular weight is 352 g/mol. The van der Waals surface area contributed by atoms with Crippen LogP contribution in [0, 0.1) is 0 Å². The van der Waals surface area contributed by atoms with Crippen molar-refractivity contribution in [3.05, 3.63) is 18.0 Å². The molecule has 1 atom stereocenters. The van der Waals surface area contributed by atoms with Crippen molar-refractivity contribution >= 4 is 11.9 Å². The van der Waals surface area contributed by atoms with E-state index in [-0.39, 0.29) is 11.9 Å². The molecule has 0 fully saturated rings. The molecule has 1 aromatic rings. The molecule has 0 aliphatic carbocycles. The normalized spacial score (nSPS) is 16.6. The molecular weight excluding hydrogens is 333 g/mol. The molecule has 1 amide bonds. The Kier molecular flexibility index (Phi) is 7.65. The Morgan fingerprint density at radius 2 is 2.21 bits per heavy atom. The highest BCUT2D eigenvalue weighted by molar-refractivity contribution is 5.76. The van der Waals surface area contributed by atoms with Gasteiger partial charge in [0.2, 0.25) is 5.91 Å². The fourth-order valence-corrected chi connectivity index (χ4v) is 2.00. The van der Waals surface area contributed by atoms with Gasteiger partial charge in [0, 0.05) is 32.9 Å². The number of nitrogens with one attached hydrogen (secondary N) is 2. The first-order valence-electron chi connectivity index (χ1n) is 7.04. The Bertz CT molecular complexity index is 548. The molecule has 11 heteroatoms. The van der Waals surface area contributed by atoms with E-state index in [1.807, 2.05) is 10.7 Å². The number of halogens is 3. The summed E-state index contributed by atoms with van der Waals surface area (Å²) in [6.45, 7) is 2.71. The number of methoxy groups -OCH3 is 1. The molecule has 2 heterocycles. The maximum absolute atomic E-state index is 11.7. The third kappa shape index (κ3) is 6.54. The molecule has 1 unspecified atom stereocenters. The van der Waals surface area contributed by atoms with Gasteiger partial charge in [-0.05, 0) is 6.07 Å². The van der Waals surface area contributed by atoms with Crippen LogP contribution in [-0.4, -0.2) is 59.7 Å². The average Bonchev–Trinajstić information content (AvgIpc) is 2.97. The summed E-state index contributed by atoms with van der Waals surface area (Å²) < 4.78 is 38.6. The van der Waals surface area contributed by atoms with Crippen molar-refractivity contribution in [2.75, 3.05) is 26.8 Å². The van der Waals surface area contributed by atoms with E-state index in [0.717, 1.165) is 18.8 Å². The van der Waals surface area contributed by atoms with Crippen molar-refractivity contribution in [3.8, 4) is 0 Å². The lowest BCUT2D eigenvalue weighted by Crippen LogP contribution is -2.37. The zero-order valence-electron chi connectivity index (χ0n) is 13.0. The van der Waals surface area contributed by atoms with E-state index in [1.54, 1.807) is 13.3 Å². The Balaban J connectivity index is 0.000000351. The molecular formula is C13H19F3N4O4. The van der Waals surface area contributed by atoms with Gasteiger partial charge < -0.3 is 20.5 Å². The smallest absolute Gasteiger partial charge is 0.475 e. The van der Waals surface area contributed by atoms with Gasteiger partial charge in [0.1, 0.15) is 0 Å². The van der Waals surface area contributed by atoms with E-state index in [2.05, 4.69) is 15.7 Å². The molecule has 3 N–H and O–H groups in total. The van der Waals surface area contributed by atoms with Gasteiger partial charge in [0.05, 0.1) is 24.8 Å². The number of ether oxygens (including phenoxy) is 1. The van der Waals surface area contributed by atoms with Crippen LogP contribution >= 0.6 is 0 Å². The SMILES string of the molecule is COCCNC(=O)CC1CNCc2ccnn21.O=C(O)C(F)(F)F. The van der Waals surface area contributed by atoms with Gasteiger partial charge in [-0.1, -0.05) is 0 Å². The molecule has 0 aromatic carbocycles. The monoisotopic (exact) mass is 352 g/mol.